The summed E-state index contributed by atoms with van der Waals surface area (Å²) in [6.07, 6.45) is 0. The van der Waals surface area contributed by atoms with Crippen LogP contribution in [0.1, 0.15) is 19.4 Å². The van der Waals surface area contributed by atoms with Crippen molar-refractivity contribution in [3.8, 4) is 0 Å². The van der Waals surface area contributed by atoms with Crippen LogP contribution < -0.4 is 0 Å². The first kappa shape index (κ1) is 17.1. The number of hydrogen-bond donors (Lipinski definition) is 1. The third kappa shape index (κ3) is 2.87. The maximum absolute atomic E-state index is 13.9. The summed E-state index contributed by atoms with van der Waals surface area (Å²) in [6, 6.07) is 1.42. The van der Waals surface area contributed by atoms with Gasteiger partial charge in [-0.3, -0.25) is 0 Å². The molecule has 0 saturated heterocycles. The molecule has 0 aliphatic rings. The largest absolute Gasteiger partial charge is 0.461 e. The average molecular weight is 331 g/mol. The summed E-state index contributed by atoms with van der Waals surface area (Å²) in [6.45, 7) is 1.67. The molecule has 0 radical (unpaired) electrons. The summed E-state index contributed by atoms with van der Waals surface area (Å²) in [7, 11) is 0. The molecule has 0 aromatic heterocycles. The van der Waals surface area contributed by atoms with Crippen LogP contribution in [0.5, 0.6) is 0 Å². The maximum Gasteiger partial charge on any atom is 0.380 e. The highest BCUT2D eigenvalue weighted by atomic mass is 35.5. The van der Waals surface area contributed by atoms with E-state index in [-0.39, 0.29) is 6.61 Å². The van der Waals surface area contributed by atoms with E-state index in [2.05, 4.69) is 4.74 Å². The molecule has 1 unspecified atom stereocenters. The summed E-state index contributed by atoms with van der Waals surface area (Å²) in [4.78, 5) is 11.3. The highest BCUT2D eigenvalue weighted by Gasteiger charge is 2.58. The van der Waals surface area contributed by atoms with Crippen LogP contribution in [-0.2, 0) is 15.1 Å². The van der Waals surface area contributed by atoms with Gasteiger partial charge in [0.2, 0.25) is 0 Å². The number of aliphatic hydroxyl groups is 1. The van der Waals surface area contributed by atoms with E-state index in [1.54, 1.807) is 0 Å². The van der Waals surface area contributed by atoms with Gasteiger partial charge in [0.15, 0.2) is 5.60 Å². The number of carbonyl (C=O) groups is 1. The molecular weight excluding hydrogens is 320 g/mol. The molecule has 0 amide bonds. The Balaban J connectivity index is 3.35. The molecule has 1 aromatic rings. The second kappa shape index (κ2) is 5.79. The van der Waals surface area contributed by atoms with Crippen LogP contribution >= 0.6 is 23.2 Å². The molecule has 3 nitrogen and oxygen atoms in total. The summed E-state index contributed by atoms with van der Waals surface area (Å²) in [5, 5.41) is 9.17. The second-order valence-electron chi connectivity index (χ2n) is 4.11. The van der Waals surface area contributed by atoms with Crippen molar-refractivity contribution in [2.75, 3.05) is 6.61 Å². The van der Waals surface area contributed by atoms with E-state index in [4.69, 9.17) is 23.2 Å². The Hall–Kier alpha value is -0.980. The topological polar surface area (TPSA) is 46.5 Å². The highest BCUT2D eigenvalue weighted by molar-refractivity contribution is 6.35. The van der Waals surface area contributed by atoms with Crippen molar-refractivity contribution in [2.24, 2.45) is 0 Å². The lowest BCUT2D eigenvalue weighted by Gasteiger charge is -2.31. The van der Waals surface area contributed by atoms with Crippen molar-refractivity contribution in [1.82, 2.24) is 0 Å². The number of hydrogen-bond acceptors (Lipinski definition) is 3. The molecule has 0 saturated carbocycles. The molecule has 1 aromatic carbocycles. The quantitative estimate of drug-likeness (QED) is 0.678. The third-order valence-corrected chi connectivity index (χ3v) is 3.28. The van der Waals surface area contributed by atoms with Crippen molar-refractivity contribution in [3.05, 3.63) is 33.6 Å². The minimum absolute atomic E-state index is 0.298. The van der Waals surface area contributed by atoms with Gasteiger partial charge in [0, 0.05) is 10.6 Å². The van der Waals surface area contributed by atoms with Gasteiger partial charge in [-0.25, -0.2) is 9.18 Å². The lowest BCUT2D eigenvalue weighted by molar-refractivity contribution is -0.212. The van der Waals surface area contributed by atoms with Crippen molar-refractivity contribution in [1.29, 1.82) is 0 Å². The van der Waals surface area contributed by atoms with Gasteiger partial charge in [-0.05, 0) is 26.0 Å². The third-order valence-electron chi connectivity index (χ3n) is 2.68. The van der Waals surface area contributed by atoms with Gasteiger partial charge in [-0.15, -0.1) is 0 Å². The molecule has 1 rings (SSSR count). The van der Waals surface area contributed by atoms with Crippen molar-refractivity contribution < 1.29 is 27.8 Å². The van der Waals surface area contributed by atoms with E-state index in [1.807, 2.05) is 0 Å². The number of halogens is 5. The van der Waals surface area contributed by atoms with E-state index < -0.39 is 38.9 Å². The molecular formula is C12H11Cl2F3O3. The minimum Gasteiger partial charge on any atom is -0.461 e. The zero-order valence-electron chi connectivity index (χ0n) is 10.5. The number of ether oxygens (including phenoxy) is 1. The van der Waals surface area contributed by atoms with Crippen molar-refractivity contribution in [3.63, 3.8) is 0 Å². The Labute approximate surface area is 123 Å². The standard InChI is InChI=1S/C12H11Cl2F3O3/c1-3-20-10(18)12(16,17)11(2,19)6-4-9(15)8(14)5-7(6)13/h4-5,19H,3H2,1-2H3. The van der Waals surface area contributed by atoms with Gasteiger partial charge in [0.05, 0.1) is 11.6 Å². The van der Waals surface area contributed by atoms with Crippen LogP contribution in [0.4, 0.5) is 13.2 Å². The van der Waals surface area contributed by atoms with Crippen molar-refractivity contribution >= 4 is 29.2 Å². The zero-order valence-corrected chi connectivity index (χ0v) is 12.0. The van der Waals surface area contributed by atoms with Crippen LogP contribution in [0.3, 0.4) is 0 Å². The first-order chi connectivity index (χ1) is 9.05. The van der Waals surface area contributed by atoms with E-state index in [1.165, 1.54) is 6.92 Å². The molecule has 0 aliphatic carbocycles. The first-order valence-corrected chi connectivity index (χ1v) is 6.23. The predicted molar refractivity (Wildman–Crippen MR) is 67.6 cm³/mol. The Morgan fingerprint density at radius 1 is 1.35 bits per heavy atom. The molecule has 1 atom stereocenters. The Morgan fingerprint density at radius 3 is 2.40 bits per heavy atom. The normalized spacial score (nSPS) is 14.8. The van der Waals surface area contributed by atoms with Crippen LogP contribution in [0, 0.1) is 5.82 Å². The SMILES string of the molecule is CCOC(=O)C(F)(F)C(C)(O)c1cc(F)c(Cl)cc1Cl. The fourth-order valence-corrected chi connectivity index (χ4v) is 2.05. The Morgan fingerprint density at radius 2 is 1.90 bits per heavy atom. The van der Waals surface area contributed by atoms with Gasteiger partial charge in [-0.2, -0.15) is 8.78 Å². The van der Waals surface area contributed by atoms with E-state index in [9.17, 15) is 23.1 Å². The summed E-state index contributed by atoms with van der Waals surface area (Å²) >= 11 is 11.1. The summed E-state index contributed by atoms with van der Waals surface area (Å²) < 4.78 is 45.4. The Bertz CT molecular complexity index is 533. The molecule has 1 N–H and O–H groups in total. The van der Waals surface area contributed by atoms with E-state index in [0.717, 1.165) is 6.07 Å². The molecule has 0 spiro atoms. The lowest BCUT2D eigenvalue weighted by Crippen LogP contribution is -2.50. The number of esters is 1. The highest BCUT2D eigenvalue weighted by Crippen LogP contribution is 2.42. The average Bonchev–Trinajstić information content (AvgIpc) is 2.33. The monoisotopic (exact) mass is 330 g/mol. The predicted octanol–water partition coefficient (Wildman–Crippen LogP) is 3.54. The fraction of sp³-hybridized carbons (Fsp3) is 0.417. The minimum atomic E-state index is -4.31. The number of alkyl halides is 2. The molecule has 8 heteroatoms. The number of rotatable bonds is 4. The maximum atomic E-state index is 13.9. The van der Waals surface area contributed by atoms with Crippen molar-refractivity contribution in [2.45, 2.75) is 25.4 Å². The zero-order chi connectivity index (χ0) is 15.7. The molecule has 0 bridgehead atoms. The van der Waals surface area contributed by atoms with Gasteiger partial charge >= 0.3 is 11.9 Å². The Kier molecular flexibility index (Phi) is 4.94. The van der Waals surface area contributed by atoms with E-state index >= 15 is 0 Å². The molecule has 0 aliphatic heterocycles. The van der Waals surface area contributed by atoms with Gasteiger partial charge in [0.1, 0.15) is 5.82 Å². The number of carbonyl (C=O) groups excluding carboxylic acids is 1. The van der Waals surface area contributed by atoms with Crippen LogP contribution in [-0.4, -0.2) is 23.6 Å². The molecule has 112 valence electrons. The van der Waals surface area contributed by atoms with Crippen LogP contribution in [0.25, 0.3) is 0 Å². The number of benzene rings is 1. The molecule has 20 heavy (non-hydrogen) atoms. The van der Waals surface area contributed by atoms with E-state index in [0.29, 0.717) is 13.0 Å². The van der Waals surface area contributed by atoms with Gasteiger partial charge in [0.25, 0.3) is 0 Å². The molecule has 0 fully saturated rings. The second-order valence-corrected chi connectivity index (χ2v) is 4.93. The summed E-state index contributed by atoms with van der Waals surface area (Å²) in [5.41, 5.74) is -3.72. The van der Waals surface area contributed by atoms with Gasteiger partial charge < -0.3 is 9.84 Å². The first-order valence-electron chi connectivity index (χ1n) is 5.48. The summed E-state index contributed by atoms with van der Waals surface area (Å²) in [5.74, 6) is -7.30. The van der Waals surface area contributed by atoms with Crippen LogP contribution in [0.15, 0.2) is 12.1 Å². The smallest absolute Gasteiger partial charge is 0.380 e. The molecule has 0 heterocycles. The lowest BCUT2D eigenvalue weighted by atomic mass is 9.89. The van der Waals surface area contributed by atoms with Gasteiger partial charge in [-0.1, -0.05) is 23.2 Å². The van der Waals surface area contributed by atoms with Crippen LogP contribution in [0.2, 0.25) is 10.0 Å². The fourth-order valence-electron chi connectivity index (χ4n) is 1.49.